The van der Waals surface area contributed by atoms with Crippen LogP contribution in [0.15, 0.2) is 0 Å². The van der Waals surface area contributed by atoms with Crippen molar-refractivity contribution >= 4 is 47.6 Å². The Morgan fingerprint density at radius 2 is 0.900 bits per heavy atom. The number of hydrogen-bond donors (Lipinski definition) is 3. The Kier molecular flexibility index (Phi) is 18.5. The number of carbonyl (C=O) groups excluding carboxylic acids is 5. The summed E-state index contributed by atoms with van der Waals surface area (Å²) in [6.07, 6.45) is 0. The summed E-state index contributed by atoms with van der Waals surface area (Å²) in [5.74, 6) is -6.03. The first-order valence-corrected chi connectivity index (χ1v) is 11.2. The fourth-order valence-corrected chi connectivity index (χ4v) is 3.42. The lowest BCUT2D eigenvalue weighted by molar-refractivity contribution is -0.170. The average Bonchev–Trinajstić information content (AvgIpc) is 2.73. The van der Waals surface area contributed by atoms with Crippen LogP contribution in [0.5, 0.6) is 0 Å². The summed E-state index contributed by atoms with van der Waals surface area (Å²) < 4.78 is 8.76. The third-order valence-corrected chi connectivity index (χ3v) is 4.85. The standard InChI is InChI=1S/C11H18N2O7.C10H12N2O6.2CH4/c1-8(14)4-12(5-9(15)16)2-3-13(6-10(17)18)7-11(19)20;13-7-3-11(4-8(14)17-7)1-2-12-5-9(15)18-10(16)6-12;;/h2-7H2,1H3,(H,15,16)(H,17,18)(H,19,20);1-6H2;2*1H4. The van der Waals surface area contributed by atoms with Gasteiger partial charge in [-0.1, -0.05) is 14.9 Å². The van der Waals surface area contributed by atoms with E-state index in [1.54, 1.807) is 9.80 Å². The fraction of sp³-hybridized carbons (Fsp3) is 0.652. The summed E-state index contributed by atoms with van der Waals surface area (Å²) in [5.41, 5.74) is 0. The van der Waals surface area contributed by atoms with Gasteiger partial charge >= 0.3 is 41.8 Å². The Labute approximate surface area is 231 Å². The number of cyclic esters (lactones) is 4. The number of ketones is 1. The number of Topliss-reactive ketones (excluding diaryl/α,β-unsaturated/α-hetero) is 1. The minimum absolute atomic E-state index is 0. The van der Waals surface area contributed by atoms with E-state index < -0.39 is 54.9 Å². The highest BCUT2D eigenvalue weighted by atomic mass is 16.6. The summed E-state index contributed by atoms with van der Waals surface area (Å²) in [4.78, 5) is 92.6. The van der Waals surface area contributed by atoms with Crippen LogP contribution in [0.3, 0.4) is 0 Å². The Bertz CT molecular complexity index is 802. The largest absolute Gasteiger partial charge is 0.480 e. The van der Waals surface area contributed by atoms with Gasteiger partial charge in [-0.15, -0.1) is 0 Å². The van der Waals surface area contributed by atoms with Gasteiger partial charge in [-0.2, -0.15) is 0 Å². The van der Waals surface area contributed by atoms with Crippen molar-refractivity contribution in [2.45, 2.75) is 21.8 Å². The van der Waals surface area contributed by atoms with Gasteiger partial charge in [0.2, 0.25) is 0 Å². The van der Waals surface area contributed by atoms with Gasteiger partial charge in [-0.25, -0.2) is 0 Å². The molecule has 2 rings (SSSR count). The molecule has 2 aliphatic rings. The number of morpholine rings is 2. The Balaban J connectivity index is 0. The average molecular weight is 579 g/mol. The van der Waals surface area contributed by atoms with Crippen LogP contribution in [-0.4, -0.2) is 161 Å². The van der Waals surface area contributed by atoms with E-state index in [0.29, 0.717) is 13.1 Å². The van der Waals surface area contributed by atoms with Crippen LogP contribution in [0.1, 0.15) is 21.8 Å². The van der Waals surface area contributed by atoms with E-state index in [9.17, 15) is 38.4 Å². The number of aliphatic carboxylic acids is 3. The first-order valence-electron chi connectivity index (χ1n) is 11.2. The number of ether oxygens (including phenoxy) is 2. The molecular weight excluding hydrogens is 540 g/mol. The molecule has 2 saturated heterocycles. The third-order valence-electron chi connectivity index (χ3n) is 4.85. The minimum atomic E-state index is -1.18. The van der Waals surface area contributed by atoms with E-state index >= 15 is 0 Å². The highest BCUT2D eigenvalue weighted by molar-refractivity contribution is 5.90. The number of carboxylic acid groups (broad SMARTS) is 3. The minimum Gasteiger partial charge on any atom is -0.480 e. The number of carbonyl (C=O) groups is 8. The van der Waals surface area contributed by atoms with E-state index in [4.69, 9.17) is 15.3 Å². The smallest absolute Gasteiger partial charge is 0.327 e. The van der Waals surface area contributed by atoms with Gasteiger partial charge in [0.05, 0.1) is 52.4 Å². The molecule has 0 bridgehead atoms. The van der Waals surface area contributed by atoms with Crippen LogP contribution in [0.2, 0.25) is 0 Å². The van der Waals surface area contributed by atoms with E-state index in [0.717, 1.165) is 4.90 Å². The fourth-order valence-electron chi connectivity index (χ4n) is 3.42. The predicted octanol–water partition coefficient (Wildman–Crippen LogP) is -2.54. The Morgan fingerprint density at radius 1 is 0.625 bits per heavy atom. The highest BCUT2D eigenvalue weighted by Gasteiger charge is 2.28. The molecule has 40 heavy (non-hydrogen) atoms. The van der Waals surface area contributed by atoms with Crippen molar-refractivity contribution in [3.63, 3.8) is 0 Å². The summed E-state index contributed by atoms with van der Waals surface area (Å²) in [6, 6.07) is 0. The van der Waals surface area contributed by atoms with Gasteiger partial charge in [0.15, 0.2) is 0 Å². The lowest BCUT2D eigenvalue weighted by Gasteiger charge is -2.28. The van der Waals surface area contributed by atoms with E-state index in [2.05, 4.69) is 9.47 Å². The van der Waals surface area contributed by atoms with Gasteiger partial charge in [-0.3, -0.25) is 58.0 Å². The summed E-state index contributed by atoms with van der Waals surface area (Å²) in [7, 11) is 0. The van der Waals surface area contributed by atoms with E-state index in [-0.39, 0.29) is 73.0 Å². The van der Waals surface area contributed by atoms with Gasteiger partial charge in [0.1, 0.15) is 5.78 Å². The highest BCUT2D eigenvalue weighted by Crippen LogP contribution is 2.03. The summed E-state index contributed by atoms with van der Waals surface area (Å²) in [6.45, 7) is 1.02. The predicted molar refractivity (Wildman–Crippen MR) is 135 cm³/mol. The lowest BCUT2D eigenvalue weighted by Crippen LogP contribution is -2.49. The molecule has 3 N–H and O–H groups in total. The number of carboxylic acids is 3. The number of nitrogens with zero attached hydrogens (tertiary/aromatic N) is 4. The second-order valence-electron chi connectivity index (χ2n) is 8.42. The normalized spacial score (nSPS) is 15.7. The molecule has 0 atom stereocenters. The third kappa shape index (κ3) is 17.7. The molecule has 0 radical (unpaired) electrons. The van der Waals surface area contributed by atoms with Crippen molar-refractivity contribution in [3.05, 3.63) is 0 Å². The SMILES string of the molecule is C.C.CC(=O)CN(CCN(CC(=O)O)CC(=O)O)CC(=O)O.O=C1CN(CCN2CC(=O)OC(=O)C2)CC(=O)O1. The maximum atomic E-state index is 11.0. The van der Waals surface area contributed by atoms with Gasteiger partial charge in [0.25, 0.3) is 0 Å². The number of rotatable bonds is 14. The molecule has 0 aliphatic carbocycles. The molecule has 0 amide bonds. The molecule has 0 saturated carbocycles. The molecule has 228 valence electrons. The second kappa shape index (κ2) is 19.3. The zero-order valence-corrected chi connectivity index (χ0v) is 20.7. The molecule has 2 aliphatic heterocycles. The maximum Gasteiger partial charge on any atom is 0.327 e. The quantitative estimate of drug-likeness (QED) is 0.142. The monoisotopic (exact) mass is 578 g/mol. The number of esters is 4. The topological polar surface area (TPSA) is 229 Å². The summed E-state index contributed by atoms with van der Waals surface area (Å²) in [5, 5.41) is 26.0. The molecular formula is C23H38N4O13. The maximum absolute atomic E-state index is 11.0. The van der Waals surface area contributed by atoms with Crippen LogP contribution in [-0.2, 0) is 47.8 Å². The molecule has 2 heterocycles. The van der Waals surface area contributed by atoms with Crippen molar-refractivity contribution in [1.82, 2.24) is 19.6 Å². The van der Waals surface area contributed by atoms with Crippen molar-refractivity contribution in [2.24, 2.45) is 0 Å². The first kappa shape index (κ1) is 38.3. The summed E-state index contributed by atoms with van der Waals surface area (Å²) >= 11 is 0. The Hall–Kier alpha value is -3.80. The van der Waals surface area contributed by atoms with Crippen molar-refractivity contribution < 1.29 is 63.1 Å². The molecule has 17 nitrogen and oxygen atoms in total. The van der Waals surface area contributed by atoms with Gasteiger partial charge in [0, 0.05) is 26.2 Å². The first-order chi connectivity index (χ1) is 17.7. The van der Waals surface area contributed by atoms with Crippen molar-refractivity contribution in [3.8, 4) is 0 Å². The molecule has 0 aromatic heterocycles. The molecule has 0 aromatic rings. The molecule has 17 heteroatoms. The van der Waals surface area contributed by atoms with Crippen LogP contribution in [0, 0.1) is 0 Å². The zero-order valence-electron chi connectivity index (χ0n) is 20.7. The van der Waals surface area contributed by atoms with Crippen LogP contribution < -0.4 is 0 Å². The molecule has 0 spiro atoms. The Morgan fingerprint density at radius 3 is 1.15 bits per heavy atom. The van der Waals surface area contributed by atoms with E-state index in [1.165, 1.54) is 11.8 Å². The zero-order chi connectivity index (χ0) is 28.8. The molecule has 0 unspecified atom stereocenters. The van der Waals surface area contributed by atoms with Crippen LogP contribution in [0.25, 0.3) is 0 Å². The van der Waals surface area contributed by atoms with Crippen molar-refractivity contribution in [1.29, 1.82) is 0 Å². The molecule has 2 fully saturated rings. The number of hydrogen-bond acceptors (Lipinski definition) is 14. The van der Waals surface area contributed by atoms with Crippen molar-refractivity contribution in [2.75, 3.05) is 78.5 Å². The molecule has 0 aromatic carbocycles. The van der Waals surface area contributed by atoms with Gasteiger partial charge in [-0.05, 0) is 6.92 Å². The van der Waals surface area contributed by atoms with E-state index in [1.807, 2.05) is 0 Å². The second-order valence-corrected chi connectivity index (χ2v) is 8.42. The van der Waals surface area contributed by atoms with Gasteiger partial charge < -0.3 is 24.8 Å². The lowest BCUT2D eigenvalue weighted by atomic mass is 10.3. The van der Waals surface area contributed by atoms with Crippen LogP contribution >= 0.6 is 0 Å². The van der Waals surface area contributed by atoms with Crippen LogP contribution in [0.4, 0.5) is 0 Å².